The number of rotatable bonds is 6. The van der Waals surface area contributed by atoms with Gasteiger partial charge < -0.3 is 5.32 Å². The molecular formula is C22H25Cl2NOS2. The van der Waals surface area contributed by atoms with E-state index in [4.69, 9.17) is 23.2 Å². The van der Waals surface area contributed by atoms with E-state index in [9.17, 15) is 4.79 Å². The van der Waals surface area contributed by atoms with Crippen molar-refractivity contribution >= 4 is 58.3 Å². The van der Waals surface area contributed by atoms with Gasteiger partial charge in [-0.1, -0.05) is 54.2 Å². The number of carbonyl (C=O) groups excluding carboxylic acids is 1. The summed E-state index contributed by atoms with van der Waals surface area (Å²) in [5, 5.41) is 5.44. The molecule has 1 fully saturated rings. The van der Waals surface area contributed by atoms with Crippen molar-refractivity contribution in [3.63, 3.8) is 0 Å². The highest BCUT2D eigenvalue weighted by atomic mass is 35.5. The highest BCUT2D eigenvalue weighted by molar-refractivity contribution is 8.04. The zero-order valence-electron chi connectivity index (χ0n) is 16.1. The highest BCUT2D eigenvalue weighted by Crippen LogP contribution is 2.42. The molecule has 0 saturated heterocycles. The summed E-state index contributed by atoms with van der Waals surface area (Å²) < 4.78 is 0. The fraction of sp³-hybridized carbons (Fsp3) is 0.409. The lowest BCUT2D eigenvalue weighted by Gasteiger charge is -2.30. The van der Waals surface area contributed by atoms with Gasteiger partial charge in [0.05, 0.1) is 10.8 Å². The van der Waals surface area contributed by atoms with Gasteiger partial charge >= 0.3 is 0 Å². The van der Waals surface area contributed by atoms with Gasteiger partial charge in [0.15, 0.2) is 0 Å². The van der Waals surface area contributed by atoms with Crippen molar-refractivity contribution in [2.75, 3.05) is 11.1 Å². The van der Waals surface area contributed by atoms with Crippen molar-refractivity contribution < 1.29 is 4.79 Å². The summed E-state index contributed by atoms with van der Waals surface area (Å²) >= 11 is 16.1. The zero-order chi connectivity index (χ0) is 20.1. The third-order valence-electron chi connectivity index (χ3n) is 4.99. The molecule has 0 aromatic heterocycles. The highest BCUT2D eigenvalue weighted by Gasteiger charge is 2.28. The normalized spacial score (nSPS) is 19.4. The van der Waals surface area contributed by atoms with E-state index in [0.717, 1.165) is 39.6 Å². The Balaban J connectivity index is 1.60. The number of amides is 1. The molecule has 2 unspecified atom stereocenters. The van der Waals surface area contributed by atoms with Crippen molar-refractivity contribution in [1.29, 1.82) is 0 Å². The first-order valence-electron chi connectivity index (χ1n) is 9.53. The smallest absolute Gasteiger partial charge is 0.234 e. The molecule has 1 saturated carbocycles. The monoisotopic (exact) mass is 453 g/mol. The second-order valence-corrected chi connectivity index (χ2v) is 10.5. The molecule has 6 heteroatoms. The molecule has 0 spiro atoms. The van der Waals surface area contributed by atoms with Gasteiger partial charge in [-0.15, -0.1) is 23.5 Å². The Morgan fingerprint density at radius 1 is 1.07 bits per heavy atom. The Labute approximate surface area is 186 Å². The van der Waals surface area contributed by atoms with Crippen LogP contribution in [0.4, 0.5) is 5.69 Å². The summed E-state index contributed by atoms with van der Waals surface area (Å²) in [4.78, 5) is 13.6. The van der Waals surface area contributed by atoms with Gasteiger partial charge in [-0.05, 0) is 56.0 Å². The predicted molar refractivity (Wildman–Crippen MR) is 125 cm³/mol. The largest absolute Gasteiger partial charge is 0.325 e. The molecule has 2 aromatic rings. The van der Waals surface area contributed by atoms with E-state index >= 15 is 0 Å². The van der Waals surface area contributed by atoms with Crippen LogP contribution in [0, 0.1) is 13.8 Å². The fourth-order valence-electron chi connectivity index (χ4n) is 3.49. The number of para-hydroxylation sites is 1. The first-order chi connectivity index (χ1) is 13.4. The first-order valence-corrected chi connectivity index (χ1v) is 12.2. The molecule has 1 aliphatic carbocycles. The average Bonchev–Trinajstić information content (AvgIpc) is 2.67. The maximum Gasteiger partial charge on any atom is 0.234 e. The van der Waals surface area contributed by atoms with Crippen LogP contribution in [-0.2, 0) is 4.79 Å². The molecule has 28 heavy (non-hydrogen) atoms. The molecule has 2 nitrogen and oxygen atoms in total. The van der Waals surface area contributed by atoms with Crippen molar-refractivity contribution in [2.24, 2.45) is 0 Å². The number of carbonyl (C=O) groups is 1. The van der Waals surface area contributed by atoms with Crippen LogP contribution < -0.4 is 5.32 Å². The van der Waals surface area contributed by atoms with Gasteiger partial charge in [-0.25, -0.2) is 0 Å². The molecule has 3 rings (SSSR count). The maximum absolute atomic E-state index is 12.5. The second-order valence-electron chi connectivity index (χ2n) is 7.18. The summed E-state index contributed by atoms with van der Waals surface area (Å²) in [5.41, 5.74) is 3.13. The molecule has 0 bridgehead atoms. The number of nitrogens with one attached hydrogen (secondary N) is 1. The Morgan fingerprint density at radius 2 is 1.75 bits per heavy atom. The van der Waals surface area contributed by atoms with E-state index in [1.807, 2.05) is 50.2 Å². The van der Waals surface area contributed by atoms with Crippen LogP contribution in [-0.4, -0.2) is 22.2 Å². The van der Waals surface area contributed by atoms with E-state index in [0.29, 0.717) is 21.3 Å². The summed E-state index contributed by atoms with van der Waals surface area (Å²) in [7, 11) is 0. The minimum absolute atomic E-state index is 0.0671. The Bertz CT molecular complexity index is 823. The summed E-state index contributed by atoms with van der Waals surface area (Å²) in [6.45, 7) is 4.05. The molecule has 0 radical (unpaired) electrons. The molecular weight excluding hydrogens is 429 g/mol. The van der Waals surface area contributed by atoms with Crippen LogP contribution in [0.1, 0.15) is 36.8 Å². The van der Waals surface area contributed by atoms with E-state index in [2.05, 4.69) is 5.32 Å². The Kier molecular flexibility index (Phi) is 8.04. The number of hydrogen-bond donors (Lipinski definition) is 1. The van der Waals surface area contributed by atoms with Crippen LogP contribution >= 0.6 is 46.7 Å². The number of halogens is 2. The lowest BCUT2D eigenvalue weighted by atomic mass is 10.00. The number of thioether (sulfide) groups is 2. The topological polar surface area (TPSA) is 29.1 Å². The van der Waals surface area contributed by atoms with Gasteiger partial charge in [0.2, 0.25) is 5.91 Å². The van der Waals surface area contributed by atoms with E-state index in [-0.39, 0.29) is 5.91 Å². The fourth-order valence-corrected chi connectivity index (χ4v) is 6.77. The molecule has 0 heterocycles. The number of aryl methyl sites for hydroxylation is 2. The zero-order valence-corrected chi connectivity index (χ0v) is 19.3. The van der Waals surface area contributed by atoms with Gasteiger partial charge in [0.25, 0.3) is 0 Å². The van der Waals surface area contributed by atoms with Crippen LogP contribution in [0.2, 0.25) is 10.0 Å². The predicted octanol–water partition coefficient (Wildman–Crippen LogP) is 7.39. The lowest BCUT2D eigenvalue weighted by Crippen LogP contribution is -2.27. The van der Waals surface area contributed by atoms with E-state index < -0.39 is 0 Å². The van der Waals surface area contributed by atoms with Gasteiger partial charge in [0, 0.05) is 26.1 Å². The summed E-state index contributed by atoms with van der Waals surface area (Å²) in [6.07, 6.45) is 4.72. The number of benzene rings is 2. The van der Waals surface area contributed by atoms with Crippen LogP contribution in [0.15, 0.2) is 41.3 Å². The SMILES string of the molecule is Cc1cccc(C)c1NC(=O)CSC1CCCCC1Sc1cc(Cl)ccc1Cl. The maximum atomic E-state index is 12.5. The van der Waals surface area contributed by atoms with Crippen molar-refractivity contribution in [3.8, 4) is 0 Å². The first kappa shape index (κ1) is 21.9. The average molecular weight is 454 g/mol. The second kappa shape index (κ2) is 10.3. The summed E-state index contributed by atoms with van der Waals surface area (Å²) in [6, 6.07) is 11.7. The molecule has 1 aliphatic rings. The molecule has 0 aliphatic heterocycles. The third-order valence-corrected chi connectivity index (χ3v) is 8.72. The van der Waals surface area contributed by atoms with E-state index in [1.165, 1.54) is 12.8 Å². The standard InChI is InChI=1S/C22H25Cl2NOS2/c1-14-6-5-7-15(2)22(14)25-21(26)13-27-18-8-3-4-9-19(18)28-20-12-16(23)10-11-17(20)24/h5-7,10-12,18-19H,3-4,8-9,13H2,1-2H3,(H,25,26). The molecule has 150 valence electrons. The minimum atomic E-state index is 0.0671. The van der Waals surface area contributed by atoms with Crippen LogP contribution in [0.5, 0.6) is 0 Å². The number of anilines is 1. The van der Waals surface area contributed by atoms with Gasteiger partial charge in [0.1, 0.15) is 0 Å². The Hall–Kier alpha value is -0.810. The van der Waals surface area contributed by atoms with Crippen molar-refractivity contribution in [2.45, 2.75) is 54.9 Å². The minimum Gasteiger partial charge on any atom is -0.325 e. The van der Waals surface area contributed by atoms with Crippen molar-refractivity contribution in [1.82, 2.24) is 0 Å². The Morgan fingerprint density at radius 3 is 2.46 bits per heavy atom. The third kappa shape index (κ3) is 5.85. The van der Waals surface area contributed by atoms with Gasteiger partial charge in [-0.3, -0.25) is 4.79 Å². The van der Waals surface area contributed by atoms with Gasteiger partial charge in [-0.2, -0.15) is 0 Å². The van der Waals surface area contributed by atoms with Crippen molar-refractivity contribution in [3.05, 3.63) is 57.6 Å². The van der Waals surface area contributed by atoms with Crippen LogP contribution in [0.25, 0.3) is 0 Å². The van der Waals surface area contributed by atoms with E-state index in [1.54, 1.807) is 23.5 Å². The summed E-state index contributed by atoms with van der Waals surface area (Å²) in [5.74, 6) is 0.538. The number of hydrogen-bond acceptors (Lipinski definition) is 3. The molecule has 2 atom stereocenters. The molecule has 1 amide bonds. The molecule has 2 aromatic carbocycles. The lowest BCUT2D eigenvalue weighted by molar-refractivity contribution is -0.113. The van der Waals surface area contributed by atoms with Crippen LogP contribution in [0.3, 0.4) is 0 Å². The quantitative estimate of drug-likeness (QED) is 0.494. The molecule has 1 N–H and O–H groups in total.